The van der Waals surface area contributed by atoms with Crippen molar-refractivity contribution in [1.29, 1.82) is 0 Å². The topological polar surface area (TPSA) is 58.2 Å². The van der Waals surface area contributed by atoms with Gasteiger partial charge in [0.1, 0.15) is 6.17 Å². The average molecular weight is 357 g/mol. The Kier molecular flexibility index (Phi) is 6.26. The molecule has 1 aliphatic carbocycles. The van der Waals surface area contributed by atoms with Gasteiger partial charge >= 0.3 is 0 Å². The molecule has 0 amide bonds. The Hall–Kier alpha value is -1.14. The molecule has 1 unspecified atom stereocenters. The molecule has 24 heavy (non-hydrogen) atoms. The molecule has 0 saturated heterocycles. The number of hydrogen-bond donors (Lipinski definition) is 2. The highest BCUT2D eigenvalue weighted by Crippen LogP contribution is 2.26. The summed E-state index contributed by atoms with van der Waals surface area (Å²) in [6.45, 7) is 6.41. The highest BCUT2D eigenvalue weighted by atomic mass is 32.2. The summed E-state index contributed by atoms with van der Waals surface area (Å²) in [5, 5.41) is 3.36. The van der Waals surface area contributed by atoms with Gasteiger partial charge in [-0.1, -0.05) is 12.5 Å². The van der Waals surface area contributed by atoms with Crippen molar-refractivity contribution in [2.45, 2.75) is 63.8 Å². The van der Waals surface area contributed by atoms with Gasteiger partial charge < -0.3 is 5.32 Å². The number of rotatable bonds is 8. The van der Waals surface area contributed by atoms with Crippen molar-refractivity contribution < 1.29 is 12.8 Å². The molecule has 1 aliphatic rings. The van der Waals surface area contributed by atoms with Crippen LogP contribution in [0, 0.1) is 0 Å². The van der Waals surface area contributed by atoms with Crippen molar-refractivity contribution in [3.63, 3.8) is 0 Å². The second-order valence-corrected chi connectivity index (χ2v) is 10.0. The van der Waals surface area contributed by atoms with Crippen LogP contribution in [0.3, 0.4) is 0 Å². The Bertz CT molecular complexity index is 653. The molecular weight excluding hydrogens is 327 g/mol. The number of alkyl halides is 1. The summed E-state index contributed by atoms with van der Waals surface area (Å²) in [6, 6.07) is 6.07. The number of fused-ring (bicyclic) bond motifs is 1. The van der Waals surface area contributed by atoms with Gasteiger partial charge in [0.05, 0.1) is 4.75 Å². The Morgan fingerprint density at radius 1 is 1.08 bits per heavy atom. The van der Waals surface area contributed by atoms with Gasteiger partial charge in [-0.2, -0.15) is 0 Å². The number of unbranched alkanes of at least 4 members (excludes halogenated alkanes) is 2. The second-order valence-electron chi connectivity index (χ2n) is 7.49. The van der Waals surface area contributed by atoms with E-state index >= 15 is 0 Å². The number of halogens is 1. The summed E-state index contributed by atoms with van der Waals surface area (Å²) in [4.78, 5) is 0. The minimum Gasteiger partial charge on any atom is -0.385 e. The standard InChI is InChI=1S/C18H29FN2O2S/c1-18(2,3)24(22,23)21-10-6-4-5-9-20-17-8-7-14-11-16(19)12-15(14)13-17/h7-8,13,16,20-21H,4-6,9-12H2,1-3H3. The van der Waals surface area contributed by atoms with Gasteiger partial charge in [-0.05, 0) is 56.9 Å². The molecule has 0 spiro atoms. The lowest BCUT2D eigenvalue weighted by molar-refractivity contribution is 0.349. The maximum Gasteiger partial charge on any atom is 0.216 e. The Balaban J connectivity index is 1.62. The van der Waals surface area contributed by atoms with Crippen LogP contribution in [0.5, 0.6) is 0 Å². The zero-order valence-corrected chi connectivity index (χ0v) is 15.7. The zero-order valence-electron chi connectivity index (χ0n) is 14.9. The maximum atomic E-state index is 13.4. The summed E-state index contributed by atoms with van der Waals surface area (Å²) < 4.78 is 39.0. The van der Waals surface area contributed by atoms with Crippen LogP contribution in [0.1, 0.15) is 51.2 Å². The molecular formula is C18H29FN2O2S. The quantitative estimate of drug-likeness (QED) is 0.702. The largest absolute Gasteiger partial charge is 0.385 e. The molecule has 2 rings (SSSR count). The van der Waals surface area contributed by atoms with E-state index in [9.17, 15) is 12.8 Å². The van der Waals surface area contributed by atoms with E-state index in [-0.39, 0.29) is 0 Å². The fraction of sp³-hybridized carbons (Fsp3) is 0.667. The van der Waals surface area contributed by atoms with Gasteiger partial charge in [0.15, 0.2) is 0 Å². The lowest BCUT2D eigenvalue weighted by Crippen LogP contribution is -2.39. The van der Waals surface area contributed by atoms with Crippen molar-refractivity contribution in [3.05, 3.63) is 29.3 Å². The summed E-state index contributed by atoms with van der Waals surface area (Å²) in [7, 11) is -3.24. The van der Waals surface area contributed by atoms with Gasteiger partial charge in [-0.15, -0.1) is 0 Å². The number of sulfonamides is 1. The van der Waals surface area contributed by atoms with Gasteiger partial charge in [0, 0.05) is 31.6 Å². The van der Waals surface area contributed by atoms with E-state index in [0.29, 0.717) is 19.4 Å². The first-order valence-electron chi connectivity index (χ1n) is 8.68. The zero-order chi connectivity index (χ0) is 17.8. The van der Waals surface area contributed by atoms with E-state index in [1.54, 1.807) is 20.8 Å². The van der Waals surface area contributed by atoms with Crippen LogP contribution in [0.4, 0.5) is 10.1 Å². The summed E-state index contributed by atoms with van der Waals surface area (Å²) in [5.41, 5.74) is 3.28. The molecule has 1 atom stereocenters. The fourth-order valence-corrected chi connectivity index (χ4v) is 3.60. The molecule has 0 radical (unpaired) electrons. The van der Waals surface area contributed by atoms with Crippen LogP contribution >= 0.6 is 0 Å². The van der Waals surface area contributed by atoms with Crippen LogP contribution in [0.25, 0.3) is 0 Å². The number of nitrogens with one attached hydrogen (secondary N) is 2. The first-order chi connectivity index (χ1) is 11.2. The minimum absolute atomic E-state index is 0.482. The third kappa shape index (κ3) is 5.18. The number of anilines is 1. The highest BCUT2D eigenvalue weighted by molar-refractivity contribution is 7.90. The summed E-state index contributed by atoms with van der Waals surface area (Å²) in [6.07, 6.45) is 3.09. The van der Waals surface area contributed by atoms with Crippen LogP contribution in [-0.2, 0) is 22.9 Å². The van der Waals surface area contributed by atoms with Gasteiger partial charge in [-0.3, -0.25) is 0 Å². The summed E-state index contributed by atoms with van der Waals surface area (Å²) >= 11 is 0. The van der Waals surface area contributed by atoms with E-state index in [1.807, 2.05) is 18.2 Å². The number of benzene rings is 1. The van der Waals surface area contributed by atoms with Crippen LogP contribution in [0.2, 0.25) is 0 Å². The molecule has 4 nitrogen and oxygen atoms in total. The van der Waals surface area contributed by atoms with Gasteiger partial charge in [0.25, 0.3) is 0 Å². The third-order valence-corrected chi connectivity index (χ3v) is 6.57. The normalized spacial score (nSPS) is 17.8. The van der Waals surface area contributed by atoms with Crippen LogP contribution in [-0.4, -0.2) is 32.4 Å². The molecule has 6 heteroatoms. The van der Waals surface area contributed by atoms with Gasteiger partial charge in [0.2, 0.25) is 10.0 Å². The first kappa shape index (κ1) is 19.2. The molecule has 0 saturated carbocycles. The first-order valence-corrected chi connectivity index (χ1v) is 10.2. The van der Waals surface area contributed by atoms with Crippen LogP contribution in [0.15, 0.2) is 18.2 Å². The Labute approximate surface area is 145 Å². The van der Waals surface area contributed by atoms with E-state index < -0.39 is 20.9 Å². The lowest BCUT2D eigenvalue weighted by Gasteiger charge is -2.19. The van der Waals surface area contributed by atoms with Crippen LogP contribution < -0.4 is 10.0 Å². The lowest BCUT2D eigenvalue weighted by atomic mass is 10.1. The van der Waals surface area contributed by atoms with E-state index in [4.69, 9.17) is 0 Å². The maximum absolute atomic E-state index is 13.4. The fourth-order valence-electron chi connectivity index (χ4n) is 2.76. The van der Waals surface area contributed by atoms with Gasteiger partial charge in [-0.25, -0.2) is 17.5 Å². The number of hydrogen-bond acceptors (Lipinski definition) is 3. The van der Waals surface area contributed by atoms with E-state index in [1.165, 1.54) is 0 Å². The van der Waals surface area contributed by atoms with E-state index in [0.717, 1.165) is 42.6 Å². The van der Waals surface area contributed by atoms with E-state index in [2.05, 4.69) is 10.0 Å². The molecule has 136 valence electrons. The molecule has 1 aromatic carbocycles. The van der Waals surface area contributed by atoms with Crippen molar-refractivity contribution in [2.75, 3.05) is 18.4 Å². The van der Waals surface area contributed by atoms with Crippen molar-refractivity contribution in [3.8, 4) is 0 Å². The average Bonchev–Trinajstić information content (AvgIpc) is 2.84. The Morgan fingerprint density at radius 2 is 1.75 bits per heavy atom. The monoisotopic (exact) mass is 356 g/mol. The molecule has 0 heterocycles. The van der Waals surface area contributed by atoms with Crippen molar-refractivity contribution in [1.82, 2.24) is 4.72 Å². The smallest absolute Gasteiger partial charge is 0.216 e. The third-order valence-electron chi connectivity index (χ3n) is 4.37. The highest BCUT2D eigenvalue weighted by Gasteiger charge is 2.27. The van der Waals surface area contributed by atoms with Crippen molar-refractivity contribution >= 4 is 15.7 Å². The predicted molar refractivity (Wildman–Crippen MR) is 97.8 cm³/mol. The molecule has 0 aliphatic heterocycles. The molecule has 0 aromatic heterocycles. The SMILES string of the molecule is CC(C)(C)S(=O)(=O)NCCCCCNc1ccc2c(c1)CC(F)C2. The summed E-state index contributed by atoms with van der Waals surface area (Å²) in [5.74, 6) is 0. The minimum atomic E-state index is -3.24. The molecule has 0 fully saturated rings. The Morgan fingerprint density at radius 3 is 2.46 bits per heavy atom. The molecule has 0 bridgehead atoms. The second kappa shape index (κ2) is 7.83. The van der Waals surface area contributed by atoms with Crippen molar-refractivity contribution in [2.24, 2.45) is 0 Å². The molecule has 2 N–H and O–H groups in total. The predicted octanol–water partition coefficient (Wildman–Crippen LogP) is 3.42. The molecule has 1 aromatic rings.